The average molecular weight is 430 g/mol. The monoisotopic (exact) mass is 429 g/mol. The van der Waals surface area contributed by atoms with Gasteiger partial charge in [0.2, 0.25) is 0 Å². The number of anilines is 2. The lowest BCUT2D eigenvalue weighted by molar-refractivity contribution is -0.137. The zero-order valence-electron chi connectivity index (χ0n) is 14.8. The third kappa shape index (κ3) is 3.91. The summed E-state index contributed by atoms with van der Waals surface area (Å²) in [5, 5.41) is 2.98. The van der Waals surface area contributed by atoms with Crippen molar-refractivity contribution in [2.45, 2.75) is 19.7 Å². The van der Waals surface area contributed by atoms with Gasteiger partial charge >= 0.3 is 6.18 Å². The van der Waals surface area contributed by atoms with Gasteiger partial charge in [-0.25, -0.2) is 4.98 Å². The molecule has 0 radical (unpaired) electrons. The number of carbonyl (C=O) groups is 1. The molecule has 0 spiro atoms. The van der Waals surface area contributed by atoms with Crippen LogP contribution < -0.4 is 11.1 Å². The molecular formula is C18H15ClF3N3O2S. The average Bonchev–Trinajstić information content (AvgIpc) is 2.92. The molecule has 3 aromatic rings. The number of nitrogen functional groups attached to an aromatic ring is 1. The number of nitrogens with zero attached hydrogens (tertiary/aromatic N) is 1. The van der Waals surface area contributed by atoms with Crippen LogP contribution in [0.4, 0.5) is 24.5 Å². The molecule has 0 bridgehead atoms. The molecule has 0 saturated carbocycles. The molecule has 0 aliphatic carbocycles. The number of pyridine rings is 1. The number of hydrogen-bond donors (Lipinski definition) is 2. The fourth-order valence-electron chi connectivity index (χ4n) is 2.75. The van der Waals surface area contributed by atoms with Crippen molar-refractivity contribution in [3.8, 4) is 0 Å². The summed E-state index contributed by atoms with van der Waals surface area (Å²) >= 11 is 7.00. The number of ether oxygens (including phenoxy) is 1. The van der Waals surface area contributed by atoms with Gasteiger partial charge in [-0.05, 0) is 36.8 Å². The van der Waals surface area contributed by atoms with Gasteiger partial charge in [0, 0.05) is 18.2 Å². The number of aromatic nitrogens is 1. The third-order valence-corrected chi connectivity index (χ3v) is 5.38. The van der Waals surface area contributed by atoms with Crippen LogP contribution in [0.1, 0.15) is 26.5 Å². The molecule has 0 aliphatic heterocycles. The number of hydrogen-bond acceptors (Lipinski definition) is 5. The molecule has 3 N–H and O–H groups in total. The van der Waals surface area contributed by atoms with Gasteiger partial charge < -0.3 is 15.8 Å². The fraction of sp³-hybridized carbons (Fsp3) is 0.222. The van der Waals surface area contributed by atoms with Gasteiger partial charge in [0.25, 0.3) is 5.91 Å². The van der Waals surface area contributed by atoms with Gasteiger partial charge in [-0.3, -0.25) is 4.79 Å². The minimum absolute atomic E-state index is 0.0185. The third-order valence-electron chi connectivity index (χ3n) is 3.96. The number of carbonyl (C=O) groups excluding carboxylic acids is 1. The normalized spacial score (nSPS) is 11.8. The van der Waals surface area contributed by atoms with Crippen molar-refractivity contribution in [2.24, 2.45) is 0 Å². The van der Waals surface area contributed by atoms with Crippen molar-refractivity contribution in [1.29, 1.82) is 0 Å². The van der Waals surface area contributed by atoms with Gasteiger partial charge in [-0.15, -0.1) is 11.3 Å². The lowest BCUT2D eigenvalue weighted by Gasteiger charge is -2.11. The van der Waals surface area contributed by atoms with E-state index in [2.05, 4.69) is 10.3 Å². The summed E-state index contributed by atoms with van der Waals surface area (Å²) in [4.78, 5) is 17.8. The van der Waals surface area contributed by atoms with E-state index in [1.165, 1.54) is 7.11 Å². The van der Waals surface area contributed by atoms with E-state index in [1.807, 2.05) is 0 Å². The molecule has 28 heavy (non-hydrogen) atoms. The largest absolute Gasteiger partial charge is 0.416 e. The molecule has 0 atom stereocenters. The number of nitrogens with two attached hydrogens (primary N) is 1. The minimum atomic E-state index is -4.56. The number of thiophene rings is 1. The molecule has 2 heterocycles. The van der Waals surface area contributed by atoms with Crippen LogP contribution in [0.2, 0.25) is 5.02 Å². The number of rotatable bonds is 4. The maximum Gasteiger partial charge on any atom is 0.416 e. The Bertz CT molecular complexity index is 1070. The molecule has 1 amide bonds. The van der Waals surface area contributed by atoms with Crippen LogP contribution in [0.5, 0.6) is 0 Å². The van der Waals surface area contributed by atoms with Crippen molar-refractivity contribution in [1.82, 2.24) is 4.98 Å². The van der Waals surface area contributed by atoms with E-state index in [0.717, 1.165) is 40.8 Å². The standard InChI is InChI=1S/C18H15ClF3N3O2S/c1-8-5-9(7-27-2)13-14(23)15(28-17(13)24-8)16(26)25-12-6-10(18(20,21)22)3-4-11(12)19/h3-6H,7,23H2,1-2H3,(H,25,26). The molecule has 0 unspecified atom stereocenters. The first-order valence-corrected chi connectivity index (χ1v) is 9.16. The Hall–Kier alpha value is -2.36. The first kappa shape index (κ1) is 20.4. The lowest BCUT2D eigenvalue weighted by Crippen LogP contribution is -2.13. The van der Waals surface area contributed by atoms with E-state index in [-0.39, 0.29) is 27.9 Å². The smallest absolute Gasteiger partial charge is 0.397 e. The molecule has 1 aromatic carbocycles. The minimum Gasteiger partial charge on any atom is -0.397 e. The Morgan fingerprint density at radius 3 is 2.71 bits per heavy atom. The van der Waals surface area contributed by atoms with Gasteiger partial charge in [0.15, 0.2) is 0 Å². The van der Waals surface area contributed by atoms with Crippen LogP contribution in [-0.2, 0) is 17.5 Å². The zero-order chi connectivity index (χ0) is 20.6. The summed E-state index contributed by atoms with van der Waals surface area (Å²) in [5.74, 6) is -0.664. The second kappa shape index (κ2) is 7.57. The van der Waals surface area contributed by atoms with Crippen molar-refractivity contribution < 1.29 is 22.7 Å². The summed E-state index contributed by atoms with van der Waals surface area (Å²) in [7, 11) is 1.54. The maximum atomic E-state index is 12.9. The highest BCUT2D eigenvalue weighted by Crippen LogP contribution is 2.37. The first-order valence-electron chi connectivity index (χ1n) is 7.97. The number of aryl methyl sites for hydroxylation is 1. The van der Waals surface area contributed by atoms with Crippen LogP contribution in [-0.4, -0.2) is 18.0 Å². The van der Waals surface area contributed by atoms with E-state index in [1.54, 1.807) is 13.0 Å². The highest BCUT2D eigenvalue weighted by molar-refractivity contribution is 7.21. The van der Waals surface area contributed by atoms with E-state index < -0.39 is 17.6 Å². The Kier molecular flexibility index (Phi) is 5.51. The second-order valence-corrected chi connectivity index (χ2v) is 7.43. The lowest BCUT2D eigenvalue weighted by atomic mass is 10.1. The van der Waals surface area contributed by atoms with Crippen molar-refractivity contribution >= 4 is 50.4 Å². The molecule has 2 aromatic heterocycles. The maximum absolute atomic E-state index is 12.9. The molecule has 0 fully saturated rings. The van der Waals surface area contributed by atoms with Gasteiger partial charge in [-0.1, -0.05) is 11.6 Å². The number of halogens is 4. The first-order chi connectivity index (χ1) is 13.1. The Labute approximate surface area is 167 Å². The van der Waals surface area contributed by atoms with E-state index >= 15 is 0 Å². The van der Waals surface area contributed by atoms with Gasteiger partial charge in [0.05, 0.1) is 28.6 Å². The Morgan fingerprint density at radius 2 is 2.07 bits per heavy atom. The number of benzene rings is 1. The number of methoxy groups -OCH3 is 1. The van der Waals surface area contributed by atoms with Gasteiger partial charge in [0.1, 0.15) is 9.71 Å². The highest BCUT2D eigenvalue weighted by Gasteiger charge is 2.31. The predicted octanol–water partition coefficient (Wildman–Crippen LogP) is 5.26. The van der Waals surface area contributed by atoms with Crippen LogP contribution in [0.25, 0.3) is 10.2 Å². The van der Waals surface area contributed by atoms with E-state index in [9.17, 15) is 18.0 Å². The molecule has 0 aliphatic rings. The predicted molar refractivity (Wildman–Crippen MR) is 104 cm³/mol. The molecule has 3 rings (SSSR count). The zero-order valence-corrected chi connectivity index (χ0v) is 16.4. The summed E-state index contributed by atoms with van der Waals surface area (Å²) in [6.07, 6.45) is -4.56. The van der Waals surface area contributed by atoms with Crippen molar-refractivity contribution in [2.75, 3.05) is 18.2 Å². The number of nitrogens with one attached hydrogen (secondary N) is 1. The van der Waals surface area contributed by atoms with E-state index in [0.29, 0.717) is 10.2 Å². The van der Waals surface area contributed by atoms with Crippen LogP contribution in [0, 0.1) is 6.92 Å². The number of alkyl halides is 3. The highest BCUT2D eigenvalue weighted by atomic mass is 35.5. The van der Waals surface area contributed by atoms with E-state index in [4.69, 9.17) is 22.1 Å². The van der Waals surface area contributed by atoms with Gasteiger partial charge in [-0.2, -0.15) is 13.2 Å². The van der Waals surface area contributed by atoms with Crippen LogP contribution >= 0.6 is 22.9 Å². The number of amides is 1. The topological polar surface area (TPSA) is 77.2 Å². The quantitative estimate of drug-likeness (QED) is 0.593. The molecule has 148 valence electrons. The summed E-state index contributed by atoms with van der Waals surface area (Å²) in [6.45, 7) is 2.08. The fourth-order valence-corrected chi connectivity index (χ4v) is 4.00. The molecular weight excluding hydrogens is 415 g/mol. The van der Waals surface area contributed by atoms with Crippen molar-refractivity contribution in [3.63, 3.8) is 0 Å². The molecule has 0 saturated heterocycles. The molecule has 5 nitrogen and oxygen atoms in total. The Morgan fingerprint density at radius 1 is 1.36 bits per heavy atom. The van der Waals surface area contributed by atoms with Crippen LogP contribution in [0.15, 0.2) is 24.3 Å². The SMILES string of the molecule is COCc1cc(C)nc2sc(C(=O)Nc3cc(C(F)(F)F)ccc3Cl)c(N)c12. The Balaban J connectivity index is 2.01. The summed E-state index contributed by atoms with van der Waals surface area (Å²) < 4.78 is 43.9. The second-order valence-electron chi connectivity index (χ2n) is 6.03. The van der Waals surface area contributed by atoms with Crippen molar-refractivity contribution in [3.05, 3.63) is 51.0 Å². The van der Waals surface area contributed by atoms with Crippen LogP contribution in [0.3, 0.4) is 0 Å². The summed E-state index contributed by atoms with van der Waals surface area (Å²) in [5.41, 5.74) is 6.78. The molecule has 10 heteroatoms. The number of fused-ring (bicyclic) bond motifs is 1. The summed E-state index contributed by atoms with van der Waals surface area (Å²) in [6, 6.07) is 4.51.